The highest BCUT2D eigenvalue weighted by Gasteiger charge is 2.37. The number of carbonyl (C=O) groups is 4. The topological polar surface area (TPSA) is 167 Å². The van der Waals surface area contributed by atoms with Gasteiger partial charge in [-0.05, 0) is 112 Å². The maximum absolute atomic E-state index is 14.3. The molecule has 2 aliphatic heterocycles. The fraction of sp³-hybridized carbons (Fsp3) is 0.549. The normalized spacial score (nSPS) is 17.7. The number of carbonyl (C=O) groups excluding carboxylic acids is 4. The number of hydrazine groups is 1. The van der Waals surface area contributed by atoms with Gasteiger partial charge in [-0.1, -0.05) is 52.5 Å². The molecule has 0 aliphatic carbocycles. The number of ether oxygens (including phenoxy) is 2. The summed E-state index contributed by atoms with van der Waals surface area (Å²) in [6.07, 6.45) is 7.28. The number of esters is 1. The number of allylic oxidation sites excluding steroid dienone is 2. The number of aromatic hydroxyl groups is 1. The molecule has 354 valence electrons. The second kappa shape index (κ2) is 22.7. The molecule has 4 N–H and O–H groups in total. The van der Waals surface area contributed by atoms with Crippen LogP contribution in [0.15, 0.2) is 59.7 Å². The Kier molecular flexibility index (Phi) is 17.7. The van der Waals surface area contributed by atoms with E-state index in [0.29, 0.717) is 38.2 Å². The Labute approximate surface area is 385 Å². The molecule has 0 radical (unpaired) electrons. The maximum atomic E-state index is 14.3. The maximum Gasteiger partial charge on any atom is 0.302 e. The third-order valence-electron chi connectivity index (χ3n) is 12.6. The van der Waals surface area contributed by atoms with Crippen molar-refractivity contribution in [3.8, 4) is 16.9 Å². The molecule has 2 saturated heterocycles. The number of rotatable bonds is 19. The zero-order valence-corrected chi connectivity index (χ0v) is 40.4. The van der Waals surface area contributed by atoms with Gasteiger partial charge in [-0.25, -0.2) is 5.43 Å². The van der Waals surface area contributed by atoms with E-state index >= 15 is 0 Å². The lowest BCUT2D eigenvalue weighted by molar-refractivity contribution is -0.146. The van der Waals surface area contributed by atoms with E-state index in [4.69, 9.17) is 14.5 Å². The van der Waals surface area contributed by atoms with Crippen LogP contribution in [-0.2, 0) is 48.0 Å². The monoisotopic (exact) mass is 896 g/mol. The highest BCUT2D eigenvalue weighted by atomic mass is 16.5. The number of piperidine rings is 1. The average molecular weight is 896 g/mol. The van der Waals surface area contributed by atoms with Crippen molar-refractivity contribution in [3.63, 3.8) is 0 Å². The number of aliphatic imine (C=N–C) groups is 1. The molecule has 0 saturated carbocycles. The Bertz CT molecular complexity index is 2250. The number of phenols is 1. The summed E-state index contributed by atoms with van der Waals surface area (Å²) in [5, 5.41) is 20.2. The van der Waals surface area contributed by atoms with Gasteiger partial charge in [0, 0.05) is 81.8 Å². The number of benzene rings is 2. The van der Waals surface area contributed by atoms with Gasteiger partial charge in [0.05, 0.1) is 30.0 Å². The highest BCUT2D eigenvalue weighted by Crippen LogP contribution is 2.40. The molecule has 2 aliphatic rings. The molecule has 14 heteroatoms. The Morgan fingerprint density at radius 1 is 1.08 bits per heavy atom. The fourth-order valence-corrected chi connectivity index (χ4v) is 9.34. The Morgan fingerprint density at radius 3 is 2.43 bits per heavy atom. The van der Waals surface area contributed by atoms with Crippen LogP contribution in [-0.4, -0.2) is 115 Å². The predicted octanol–water partition coefficient (Wildman–Crippen LogP) is 6.83. The zero-order valence-electron chi connectivity index (χ0n) is 40.4. The van der Waals surface area contributed by atoms with Gasteiger partial charge in [-0.3, -0.25) is 29.2 Å². The van der Waals surface area contributed by atoms with E-state index in [1.807, 2.05) is 45.9 Å². The third kappa shape index (κ3) is 12.3. The van der Waals surface area contributed by atoms with Crippen molar-refractivity contribution in [1.29, 1.82) is 0 Å². The molecule has 1 aromatic heterocycles. The molecule has 3 aromatic rings. The molecule has 0 spiro atoms. The standard InChI is InChI=1S/C51H73N7O7/c1-12-40(45(53-13-2)33(6)64-11)47-42(29-51(8,9)31-65-34(7)59)41-28-36(19-20-44(41)57(47)14-3)38-24-35(25-39(60)27-38)26-43(50(63)58-23-16-15-22-54-58)55-48(61)46(32(4)5)56(10)49(62)37-18-17-21-52-30-37/h12-13,19-20,24-25,27-28,32-33,37,43,46,52,54,60H,1,14-18,21-23,26,29-31H2,2-11H3,(H,55,61)/b45-40+,53-13?/t33-,37-,43-,46-/m0/s1. The molecule has 4 atom stereocenters. The van der Waals surface area contributed by atoms with Crippen molar-refractivity contribution in [2.75, 3.05) is 46.9 Å². The van der Waals surface area contributed by atoms with Crippen LogP contribution < -0.4 is 16.1 Å². The van der Waals surface area contributed by atoms with Crippen LogP contribution in [0.2, 0.25) is 0 Å². The van der Waals surface area contributed by atoms with Crippen LogP contribution in [0, 0.1) is 17.3 Å². The first-order valence-electron chi connectivity index (χ1n) is 23.3. The first kappa shape index (κ1) is 50.7. The van der Waals surface area contributed by atoms with Crippen molar-refractivity contribution in [1.82, 2.24) is 30.5 Å². The van der Waals surface area contributed by atoms with Gasteiger partial charge in [0.15, 0.2) is 0 Å². The minimum atomic E-state index is -0.989. The zero-order chi connectivity index (χ0) is 47.6. The summed E-state index contributed by atoms with van der Waals surface area (Å²) >= 11 is 0. The molecule has 65 heavy (non-hydrogen) atoms. The smallest absolute Gasteiger partial charge is 0.302 e. The number of amides is 3. The van der Waals surface area contributed by atoms with E-state index < -0.39 is 23.4 Å². The van der Waals surface area contributed by atoms with Crippen LogP contribution >= 0.6 is 0 Å². The van der Waals surface area contributed by atoms with E-state index in [1.54, 1.807) is 42.4 Å². The third-order valence-corrected chi connectivity index (χ3v) is 12.6. The number of likely N-dealkylation sites (N-methyl/N-ethyl adjacent to an activating group) is 1. The van der Waals surface area contributed by atoms with E-state index in [-0.39, 0.29) is 54.5 Å². The number of fused-ring (bicyclic) bond motifs is 1. The largest absolute Gasteiger partial charge is 0.508 e. The summed E-state index contributed by atoms with van der Waals surface area (Å²) in [7, 11) is 3.33. The molecule has 0 bridgehead atoms. The number of aryl methyl sites for hydroxylation is 1. The molecule has 2 aromatic carbocycles. The van der Waals surface area contributed by atoms with Crippen molar-refractivity contribution in [2.24, 2.45) is 22.2 Å². The Hall–Kier alpha value is -5.31. The van der Waals surface area contributed by atoms with Crippen LogP contribution in [0.5, 0.6) is 5.75 Å². The second-order valence-corrected chi connectivity index (χ2v) is 18.6. The summed E-state index contributed by atoms with van der Waals surface area (Å²) < 4.78 is 13.6. The molecular formula is C51H73N7O7. The number of hydrogen-bond acceptors (Lipinski definition) is 10. The molecular weight excluding hydrogens is 823 g/mol. The van der Waals surface area contributed by atoms with Gasteiger partial charge in [-0.15, -0.1) is 0 Å². The summed E-state index contributed by atoms with van der Waals surface area (Å²) in [5.74, 6) is -1.55. The van der Waals surface area contributed by atoms with Gasteiger partial charge in [-0.2, -0.15) is 0 Å². The Balaban J connectivity index is 1.60. The molecule has 5 rings (SSSR count). The quantitative estimate of drug-likeness (QED) is 0.0574. The SMILES string of the molecule is C=C/C(=C(\N=CC)[C@H](C)OC)c1c(CC(C)(C)COC(C)=O)c2cc(-c3cc(O)cc(C[C@H](NC(=O)[C@H](C(C)C)N(C)C(=O)[C@H]4CCCNC4)C(=O)N4CCCCN4)c3)ccc2n1CC. The number of methoxy groups -OCH3 is 1. The summed E-state index contributed by atoms with van der Waals surface area (Å²) in [4.78, 5) is 60.7. The number of nitrogens with zero attached hydrogens (tertiary/aromatic N) is 4. The summed E-state index contributed by atoms with van der Waals surface area (Å²) in [5.41, 5.74) is 9.45. The molecule has 14 nitrogen and oxygen atoms in total. The van der Waals surface area contributed by atoms with E-state index in [2.05, 4.69) is 60.1 Å². The molecule has 0 unspecified atom stereocenters. The second-order valence-electron chi connectivity index (χ2n) is 18.6. The molecule has 2 fully saturated rings. The number of hydrogen-bond donors (Lipinski definition) is 4. The first-order chi connectivity index (χ1) is 30.9. The molecule has 3 amide bonds. The van der Waals surface area contributed by atoms with Crippen molar-refractivity contribution >= 4 is 46.4 Å². The van der Waals surface area contributed by atoms with Crippen LogP contribution in [0.1, 0.15) is 97.9 Å². The fourth-order valence-electron chi connectivity index (χ4n) is 9.34. The number of nitrogens with one attached hydrogen (secondary N) is 3. The average Bonchev–Trinajstić information content (AvgIpc) is 3.58. The highest BCUT2D eigenvalue weighted by molar-refractivity contribution is 5.96. The van der Waals surface area contributed by atoms with Gasteiger partial charge in [0.1, 0.15) is 17.8 Å². The van der Waals surface area contributed by atoms with Crippen molar-refractivity contribution in [3.05, 3.63) is 71.6 Å². The van der Waals surface area contributed by atoms with Crippen LogP contribution in [0.3, 0.4) is 0 Å². The summed E-state index contributed by atoms with van der Waals surface area (Å²) in [6, 6.07) is 9.72. The van der Waals surface area contributed by atoms with Gasteiger partial charge < -0.3 is 34.7 Å². The van der Waals surface area contributed by atoms with Crippen molar-refractivity contribution < 1.29 is 33.8 Å². The van der Waals surface area contributed by atoms with Crippen LogP contribution in [0.25, 0.3) is 27.6 Å². The van der Waals surface area contributed by atoms with Gasteiger partial charge in [0.2, 0.25) is 11.8 Å². The minimum absolute atomic E-state index is 0.0137. The predicted molar refractivity (Wildman–Crippen MR) is 258 cm³/mol. The van der Waals surface area contributed by atoms with Crippen molar-refractivity contribution in [2.45, 2.75) is 119 Å². The van der Waals surface area contributed by atoms with E-state index in [1.165, 1.54) is 6.92 Å². The van der Waals surface area contributed by atoms with E-state index in [9.17, 15) is 24.3 Å². The lowest BCUT2D eigenvalue weighted by atomic mass is 9.84. The summed E-state index contributed by atoms with van der Waals surface area (Å²) in [6.45, 7) is 23.0. The number of phenolic OH excluding ortho intramolecular Hbond substituents is 1. The van der Waals surface area contributed by atoms with Gasteiger partial charge >= 0.3 is 5.97 Å². The Morgan fingerprint density at radius 2 is 1.83 bits per heavy atom. The molecule has 3 heterocycles. The lowest BCUT2D eigenvalue weighted by Crippen LogP contribution is -2.60. The number of aromatic nitrogens is 1. The minimum Gasteiger partial charge on any atom is -0.508 e. The first-order valence-corrected chi connectivity index (χ1v) is 23.3. The lowest BCUT2D eigenvalue weighted by Gasteiger charge is -2.36. The van der Waals surface area contributed by atoms with E-state index in [0.717, 1.165) is 76.8 Å². The van der Waals surface area contributed by atoms with Crippen LogP contribution in [0.4, 0.5) is 0 Å². The van der Waals surface area contributed by atoms with Gasteiger partial charge in [0.25, 0.3) is 5.91 Å².